The molecule has 0 aliphatic carbocycles. The zero-order valence-corrected chi connectivity index (χ0v) is 12.3. The molecular weight excluding hydrogens is 260 g/mol. The van der Waals surface area contributed by atoms with E-state index >= 15 is 0 Å². The SMILES string of the molecule is COCC(=O)N1CCC[C@@H](c2nc(CN(C)C)no2)C1. The van der Waals surface area contributed by atoms with Crippen LogP contribution in [0.15, 0.2) is 4.52 Å². The van der Waals surface area contributed by atoms with E-state index in [2.05, 4.69) is 10.1 Å². The van der Waals surface area contributed by atoms with Gasteiger partial charge in [-0.2, -0.15) is 4.98 Å². The Morgan fingerprint density at radius 1 is 1.55 bits per heavy atom. The second-order valence-electron chi connectivity index (χ2n) is 5.40. The first kappa shape index (κ1) is 14.9. The van der Waals surface area contributed by atoms with E-state index in [1.807, 2.05) is 23.9 Å². The van der Waals surface area contributed by atoms with Crippen LogP contribution in [0.4, 0.5) is 0 Å². The number of methoxy groups -OCH3 is 1. The highest BCUT2D eigenvalue weighted by molar-refractivity contribution is 5.77. The topological polar surface area (TPSA) is 71.7 Å². The number of rotatable bonds is 5. The fraction of sp³-hybridized carbons (Fsp3) is 0.769. The molecule has 0 saturated carbocycles. The lowest BCUT2D eigenvalue weighted by molar-refractivity contribution is -0.136. The number of ether oxygens (including phenoxy) is 1. The summed E-state index contributed by atoms with van der Waals surface area (Å²) in [6.45, 7) is 2.19. The Bertz CT molecular complexity index is 447. The molecule has 1 aliphatic rings. The molecule has 0 spiro atoms. The van der Waals surface area contributed by atoms with Gasteiger partial charge in [0.2, 0.25) is 11.8 Å². The average molecular weight is 282 g/mol. The van der Waals surface area contributed by atoms with Crippen LogP contribution < -0.4 is 0 Å². The van der Waals surface area contributed by atoms with E-state index in [1.165, 1.54) is 7.11 Å². The van der Waals surface area contributed by atoms with Crippen LogP contribution in [0.3, 0.4) is 0 Å². The van der Waals surface area contributed by atoms with Crippen molar-refractivity contribution < 1.29 is 14.1 Å². The summed E-state index contributed by atoms with van der Waals surface area (Å²) in [5.41, 5.74) is 0. The molecule has 2 rings (SSSR count). The van der Waals surface area contributed by atoms with Crippen molar-refractivity contribution in [2.75, 3.05) is 40.9 Å². The maximum Gasteiger partial charge on any atom is 0.248 e. The summed E-state index contributed by atoms with van der Waals surface area (Å²) in [7, 11) is 5.45. The molecule has 20 heavy (non-hydrogen) atoms. The van der Waals surface area contributed by atoms with Crippen LogP contribution in [0, 0.1) is 0 Å². The van der Waals surface area contributed by atoms with Gasteiger partial charge in [-0.05, 0) is 26.9 Å². The van der Waals surface area contributed by atoms with Crippen LogP contribution in [0.25, 0.3) is 0 Å². The first-order chi connectivity index (χ1) is 9.60. The molecule has 1 amide bonds. The molecule has 7 heteroatoms. The molecule has 1 aromatic rings. The maximum absolute atomic E-state index is 11.9. The number of hydrogen-bond acceptors (Lipinski definition) is 6. The molecule has 1 saturated heterocycles. The second-order valence-corrected chi connectivity index (χ2v) is 5.40. The van der Waals surface area contributed by atoms with Gasteiger partial charge in [-0.15, -0.1) is 0 Å². The Kier molecular flexibility index (Phi) is 5.08. The molecule has 2 heterocycles. The molecule has 0 bridgehead atoms. The highest BCUT2D eigenvalue weighted by Crippen LogP contribution is 2.25. The van der Waals surface area contributed by atoms with E-state index < -0.39 is 0 Å². The van der Waals surface area contributed by atoms with Crippen molar-refractivity contribution in [3.8, 4) is 0 Å². The van der Waals surface area contributed by atoms with Crippen molar-refractivity contribution in [1.29, 1.82) is 0 Å². The van der Waals surface area contributed by atoms with Gasteiger partial charge in [0.25, 0.3) is 0 Å². The fourth-order valence-corrected chi connectivity index (χ4v) is 2.40. The minimum Gasteiger partial charge on any atom is -0.375 e. The van der Waals surface area contributed by atoms with E-state index in [0.717, 1.165) is 19.4 Å². The molecular formula is C13H22N4O3. The van der Waals surface area contributed by atoms with E-state index in [-0.39, 0.29) is 18.4 Å². The highest BCUT2D eigenvalue weighted by atomic mass is 16.5. The van der Waals surface area contributed by atoms with Crippen LogP contribution in [0.2, 0.25) is 0 Å². The largest absolute Gasteiger partial charge is 0.375 e. The Labute approximate surface area is 118 Å². The molecule has 112 valence electrons. The van der Waals surface area contributed by atoms with Crippen molar-refractivity contribution >= 4 is 5.91 Å². The molecule has 0 aromatic carbocycles. The van der Waals surface area contributed by atoms with Crippen LogP contribution in [-0.2, 0) is 16.1 Å². The fourth-order valence-electron chi connectivity index (χ4n) is 2.40. The van der Waals surface area contributed by atoms with Crippen molar-refractivity contribution in [2.45, 2.75) is 25.3 Å². The van der Waals surface area contributed by atoms with Gasteiger partial charge in [-0.25, -0.2) is 0 Å². The lowest BCUT2D eigenvalue weighted by Crippen LogP contribution is -2.40. The summed E-state index contributed by atoms with van der Waals surface area (Å²) in [5.74, 6) is 1.47. The van der Waals surface area contributed by atoms with Crippen molar-refractivity contribution in [3.05, 3.63) is 11.7 Å². The quantitative estimate of drug-likeness (QED) is 0.782. The second kappa shape index (κ2) is 6.81. The smallest absolute Gasteiger partial charge is 0.248 e. The monoisotopic (exact) mass is 282 g/mol. The summed E-state index contributed by atoms with van der Waals surface area (Å²) in [4.78, 5) is 20.1. The van der Waals surface area contributed by atoms with Crippen LogP contribution in [-0.4, -0.2) is 66.7 Å². The van der Waals surface area contributed by atoms with Crippen molar-refractivity contribution in [3.63, 3.8) is 0 Å². The van der Waals surface area contributed by atoms with E-state index in [4.69, 9.17) is 9.26 Å². The number of aromatic nitrogens is 2. The van der Waals surface area contributed by atoms with E-state index in [1.54, 1.807) is 0 Å². The minimum atomic E-state index is 0.0187. The summed E-state index contributed by atoms with van der Waals surface area (Å²) >= 11 is 0. The number of carbonyl (C=O) groups is 1. The van der Waals surface area contributed by atoms with E-state index in [0.29, 0.717) is 24.8 Å². The molecule has 0 radical (unpaired) electrons. The van der Waals surface area contributed by atoms with Gasteiger partial charge in [0.15, 0.2) is 5.82 Å². The Morgan fingerprint density at radius 3 is 3.05 bits per heavy atom. The Hall–Kier alpha value is -1.47. The molecule has 1 atom stereocenters. The number of nitrogens with zero attached hydrogens (tertiary/aromatic N) is 4. The van der Waals surface area contributed by atoms with Crippen LogP contribution >= 0.6 is 0 Å². The Morgan fingerprint density at radius 2 is 2.35 bits per heavy atom. The van der Waals surface area contributed by atoms with Crippen molar-refractivity contribution in [2.24, 2.45) is 0 Å². The Balaban J connectivity index is 1.98. The average Bonchev–Trinajstić information content (AvgIpc) is 2.87. The van der Waals surface area contributed by atoms with Crippen LogP contribution in [0.1, 0.15) is 30.5 Å². The number of hydrogen-bond donors (Lipinski definition) is 0. The summed E-state index contributed by atoms with van der Waals surface area (Å²) in [6, 6.07) is 0. The number of amides is 1. The zero-order chi connectivity index (χ0) is 14.5. The van der Waals surface area contributed by atoms with E-state index in [9.17, 15) is 4.79 Å². The highest BCUT2D eigenvalue weighted by Gasteiger charge is 2.28. The third-order valence-corrected chi connectivity index (χ3v) is 3.33. The van der Waals surface area contributed by atoms with Crippen LogP contribution in [0.5, 0.6) is 0 Å². The van der Waals surface area contributed by atoms with Crippen molar-refractivity contribution in [1.82, 2.24) is 19.9 Å². The number of likely N-dealkylation sites (tertiary alicyclic amines) is 1. The first-order valence-corrected chi connectivity index (χ1v) is 6.84. The number of carbonyl (C=O) groups excluding carboxylic acids is 1. The molecule has 0 unspecified atom stereocenters. The van der Waals surface area contributed by atoms with Gasteiger partial charge in [0.1, 0.15) is 6.61 Å². The lowest BCUT2D eigenvalue weighted by atomic mass is 9.98. The normalized spacial score (nSPS) is 19.6. The predicted molar refractivity (Wildman–Crippen MR) is 72.1 cm³/mol. The minimum absolute atomic E-state index is 0.0187. The summed E-state index contributed by atoms with van der Waals surface area (Å²) < 4.78 is 10.2. The first-order valence-electron chi connectivity index (χ1n) is 6.84. The lowest BCUT2D eigenvalue weighted by Gasteiger charge is -2.30. The molecule has 1 aliphatic heterocycles. The molecule has 1 fully saturated rings. The van der Waals surface area contributed by atoms with Gasteiger partial charge in [-0.3, -0.25) is 4.79 Å². The predicted octanol–water partition coefficient (Wildman–Crippen LogP) is 0.484. The van der Waals surface area contributed by atoms with Gasteiger partial charge < -0.3 is 19.1 Å². The van der Waals surface area contributed by atoms with Gasteiger partial charge in [0.05, 0.1) is 12.5 Å². The molecule has 0 N–H and O–H groups in total. The molecule has 7 nitrogen and oxygen atoms in total. The van der Waals surface area contributed by atoms with Gasteiger partial charge in [0, 0.05) is 20.2 Å². The zero-order valence-electron chi connectivity index (χ0n) is 12.3. The standard InChI is InChI=1S/C13H22N4O3/c1-16(2)8-11-14-13(20-15-11)10-5-4-6-17(7-10)12(18)9-19-3/h10H,4-9H2,1-3H3/t10-/m1/s1. The van der Waals surface area contributed by atoms with Gasteiger partial charge in [-0.1, -0.05) is 5.16 Å². The van der Waals surface area contributed by atoms with Gasteiger partial charge >= 0.3 is 0 Å². The summed E-state index contributed by atoms with van der Waals surface area (Å²) in [5, 5.41) is 3.98. The summed E-state index contributed by atoms with van der Waals surface area (Å²) in [6.07, 6.45) is 1.92. The third-order valence-electron chi connectivity index (χ3n) is 3.33. The molecule has 1 aromatic heterocycles. The number of piperidine rings is 1. The maximum atomic E-state index is 11.9. The third kappa shape index (κ3) is 3.77.